The maximum atomic E-state index is 5.50. The summed E-state index contributed by atoms with van der Waals surface area (Å²) in [5.41, 5.74) is 7.90. The van der Waals surface area contributed by atoms with Crippen LogP contribution in [-0.4, -0.2) is 21.3 Å². The number of nitrogens with two attached hydrogens (primary N) is 1. The number of hydrogen-bond acceptors (Lipinski definition) is 3. The van der Waals surface area contributed by atoms with Gasteiger partial charge in [0.1, 0.15) is 12.7 Å². The third-order valence-electron chi connectivity index (χ3n) is 2.56. The Morgan fingerprint density at radius 1 is 1.19 bits per heavy atom. The molecule has 0 fully saturated rings. The van der Waals surface area contributed by atoms with Crippen LogP contribution in [0.2, 0.25) is 0 Å². The van der Waals surface area contributed by atoms with E-state index in [1.54, 1.807) is 17.3 Å². The molecule has 0 aliphatic carbocycles. The third-order valence-corrected chi connectivity index (χ3v) is 2.56. The highest BCUT2D eigenvalue weighted by Gasteiger charge is 2.03. The van der Waals surface area contributed by atoms with Gasteiger partial charge in [-0.05, 0) is 37.4 Å². The lowest BCUT2D eigenvalue weighted by Crippen LogP contribution is -2.02. The van der Waals surface area contributed by atoms with Crippen molar-refractivity contribution in [3.05, 3.63) is 42.5 Å². The number of para-hydroxylation sites is 1. The average Bonchev–Trinajstić information content (AvgIpc) is 2.83. The van der Waals surface area contributed by atoms with Crippen molar-refractivity contribution in [3.8, 4) is 5.69 Å². The van der Waals surface area contributed by atoms with E-state index in [0.29, 0.717) is 0 Å². The predicted molar refractivity (Wildman–Crippen MR) is 63.4 cm³/mol. The zero-order valence-corrected chi connectivity index (χ0v) is 9.21. The second-order valence-electron chi connectivity index (χ2n) is 3.71. The highest BCUT2D eigenvalue weighted by Crippen LogP contribution is 2.15. The van der Waals surface area contributed by atoms with Crippen LogP contribution in [0.1, 0.15) is 18.4 Å². The molecule has 0 spiro atoms. The maximum absolute atomic E-state index is 5.50. The van der Waals surface area contributed by atoms with E-state index in [4.69, 9.17) is 5.73 Å². The zero-order chi connectivity index (χ0) is 11.2. The van der Waals surface area contributed by atoms with Gasteiger partial charge in [-0.15, -0.1) is 0 Å². The van der Waals surface area contributed by atoms with Gasteiger partial charge in [0.05, 0.1) is 5.69 Å². The van der Waals surface area contributed by atoms with Crippen molar-refractivity contribution < 1.29 is 0 Å². The molecule has 0 aliphatic heterocycles. The predicted octanol–water partition coefficient (Wildman–Crippen LogP) is 1.55. The van der Waals surface area contributed by atoms with Gasteiger partial charge in [-0.25, -0.2) is 9.67 Å². The van der Waals surface area contributed by atoms with Crippen LogP contribution >= 0.6 is 0 Å². The minimum atomic E-state index is 0.755. The topological polar surface area (TPSA) is 56.7 Å². The van der Waals surface area contributed by atoms with Gasteiger partial charge in [-0.3, -0.25) is 0 Å². The molecule has 0 saturated heterocycles. The van der Waals surface area contributed by atoms with E-state index in [0.717, 1.165) is 31.5 Å². The first kappa shape index (κ1) is 10.8. The Bertz CT molecular complexity index is 422. The van der Waals surface area contributed by atoms with Gasteiger partial charge in [0.2, 0.25) is 0 Å². The fraction of sp³-hybridized carbons (Fsp3) is 0.333. The molecule has 16 heavy (non-hydrogen) atoms. The Morgan fingerprint density at radius 2 is 2.06 bits per heavy atom. The largest absolute Gasteiger partial charge is 0.330 e. The molecule has 0 atom stereocenters. The van der Waals surface area contributed by atoms with E-state index in [-0.39, 0.29) is 0 Å². The normalized spacial score (nSPS) is 10.6. The molecule has 2 aromatic rings. The van der Waals surface area contributed by atoms with Crippen LogP contribution in [-0.2, 0) is 6.42 Å². The third kappa shape index (κ3) is 2.46. The van der Waals surface area contributed by atoms with Gasteiger partial charge >= 0.3 is 0 Å². The number of nitrogens with zero attached hydrogens (tertiary/aromatic N) is 3. The molecule has 2 N–H and O–H groups in total. The number of rotatable bonds is 5. The van der Waals surface area contributed by atoms with E-state index in [9.17, 15) is 0 Å². The highest BCUT2D eigenvalue weighted by atomic mass is 15.3. The molecule has 1 aromatic heterocycles. The summed E-state index contributed by atoms with van der Waals surface area (Å²) in [6.45, 7) is 0.755. The number of benzene rings is 1. The molecule has 0 aliphatic rings. The van der Waals surface area contributed by atoms with Gasteiger partial charge in [0.25, 0.3) is 0 Å². The Kier molecular flexibility index (Phi) is 3.66. The first-order valence-corrected chi connectivity index (χ1v) is 5.55. The van der Waals surface area contributed by atoms with Crippen LogP contribution in [0.5, 0.6) is 0 Å². The quantitative estimate of drug-likeness (QED) is 0.771. The van der Waals surface area contributed by atoms with Crippen LogP contribution in [0, 0.1) is 0 Å². The SMILES string of the molecule is NCCCCc1ccccc1-n1cncn1. The smallest absolute Gasteiger partial charge is 0.138 e. The molecule has 4 heteroatoms. The first-order chi connectivity index (χ1) is 7.92. The van der Waals surface area contributed by atoms with E-state index in [2.05, 4.69) is 28.3 Å². The summed E-state index contributed by atoms with van der Waals surface area (Å²) in [6.07, 6.45) is 6.49. The Morgan fingerprint density at radius 3 is 2.81 bits per heavy atom. The van der Waals surface area contributed by atoms with Crippen molar-refractivity contribution in [1.82, 2.24) is 14.8 Å². The molecular weight excluding hydrogens is 200 g/mol. The van der Waals surface area contributed by atoms with E-state index in [1.807, 2.05) is 6.07 Å². The van der Waals surface area contributed by atoms with Crippen LogP contribution < -0.4 is 5.73 Å². The van der Waals surface area contributed by atoms with Crippen LogP contribution in [0.25, 0.3) is 5.69 Å². The zero-order valence-electron chi connectivity index (χ0n) is 9.21. The van der Waals surface area contributed by atoms with Crippen LogP contribution in [0.3, 0.4) is 0 Å². The summed E-state index contributed by atoms with van der Waals surface area (Å²) in [7, 11) is 0. The monoisotopic (exact) mass is 216 g/mol. The van der Waals surface area contributed by atoms with Crippen molar-refractivity contribution in [1.29, 1.82) is 0 Å². The lowest BCUT2D eigenvalue weighted by molar-refractivity contribution is 0.736. The summed E-state index contributed by atoms with van der Waals surface area (Å²) >= 11 is 0. The van der Waals surface area contributed by atoms with Gasteiger partial charge in [-0.1, -0.05) is 18.2 Å². The number of aromatic nitrogens is 3. The van der Waals surface area contributed by atoms with Gasteiger partial charge in [0, 0.05) is 0 Å². The fourth-order valence-corrected chi connectivity index (χ4v) is 1.74. The van der Waals surface area contributed by atoms with Gasteiger partial charge in [0.15, 0.2) is 0 Å². The molecule has 1 heterocycles. The number of aryl methyl sites for hydroxylation is 1. The van der Waals surface area contributed by atoms with Crippen molar-refractivity contribution in [2.45, 2.75) is 19.3 Å². The van der Waals surface area contributed by atoms with Gasteiger partial charge < -0.3 is 5.73 Å². The van der Waals surface area contributed by atoms with Crippen LogP contribution in [0.4, 0.5) is 0 Å². The van der Waals surface area contributed by atoms with Crippen LogP contribution in [0.15, 0.2) is 36.9 Å². The minimum Gasteiger partial charge on any atom is -0.330 e. The summed E-state index contributed by atoms with van der Waals surface area (Å²) in [5, 5.41) is 4.16. The average molecular weight is 216 g/mol. The first-order valence-electron chi connectivity index (χ1n) is 5.55. The van der Waals surface area contributed by atoms with Crippen molar-refractivity contribution in [2.75, 3.05) is 6.54 Å². The summed E-state index contributed by atoms with van der Waals surface area (Å²) in [6, 6.07) is 8.27. The molecule has 1 aromatic carbocycles. The van der Waals surface area contributed by atoms with Crippen molar-refractivity contribution in [2.24, 2.45) is 5.73 Å². The molecule has 84 valence electrons. The molecule has 4 nitrogen and oxygen atoms in total. The number of unbranched alkanes of at least 4 members (excludes halogenated alkanes) is 1. The lowest BCUT2D eigenvalue weighted by atomic mass is 10.1. The van der Waals surface area contributed by atoms with E-state index >= 15 is 0 Å². The standard InChI is InChI=1S/C12H16N4/c13-8-4-3-6-11-5-1-2-7-12(11)16-10-14-9-15-16/h1-2,5,7,9-10H,3-4,6,8,13H2. The van der Waals surface area contributed by atoms with E-state index in [1.165, 1.54) is 5.56 Å². The second kappa shape index (κ2) is 5.42. The summed E-state index contributed by atoms with van der Waals surface area (Å²) in [4.78, 5) is 3.97. The molecule has 0 unspecified atom stereocenters. The molecule has 2 rings (SSSR count). The lowest BCUT2D eigenvalue weighted by Gasteiger charge is -2.08. The maximum Gasteiger partial charge on any atom is 0.138 e. The number of hydrogen-bond donors (Lipinski definition) is 1. The fourth-order valence-electron chi connectivity index (χ4n) is 1.74. The molecule has 0 radical (unpaired) electrons. The summed E-state index contributed by atoms with van der Waals surface area (Å²) < 4.78 is 1.80. The van der Waals surface area contributed by atoms with E-state index < -0.39 is 0 Å². The van der Waals surface area contributed by atoms with Crippen molar-refractivity contribution >= 4 is 0 Å². The molecule has 0 amide bonds. The molecule has 0 bridgehead atoms. The molecule has 0 saturated carbocycles. The Hall–Kier alpha value is -1.68. The van der Waals surface area contributed by atoms with Gasteiger partial charge in [-0.2, -0.15) is 5.10 Å². The minimum absolute atomic E-state index is 0.755. The van der Waals surface area contributed by atoms with Crippen molar-refractivity contribution in [3.63, 3.8) is 0 Å². The second-order valence-corrected chi connectivity index (χ2v) is 3.71. The molecular formula is C12H16N4. The summed E-state index contributed by atoms with van der Waals surface area (Å²) in [5.74, 6) is 0. The Balaban J connectivity index is 2.18. The highest BCUT2D eigenvalue weighted by molar-refractivity contribution is 5.39. The Labute approximate surface area is 95.1 Å².